The van der Waals surface area contributed by atoms with E-state index in [2.05, 4.69) is 15.3 Å². The van der Waals surface area contributed by atoms with Crippen LogP contribution in [0.5, 0.6) is 0 Å². The summed E-state index contributed by atoms with van der Waals surface area (Å²) in [6.07, 6.45) is 5.19. The molecule has 7 heteroatoms. The van der Waals surface area contributed by atoms with Crippen molar-refractivity contribution < 1.29 is 13.6 Å². The number of carbonyl (C=O) groups excluding carboxylic acids is 1. The molecule has 0 unspecified atom stereocenters. The smallest absolute Gasteiger partial charge is 0.228 e. The molecule has 1 saturated carbocycles. The molecule has 128 valence electrons. The van der Waals surface area contributed by atoms with Gasteiger partial charge in [0.1, 0.15) is 11.6 Å². The first-order valence-corrected chi connectivity index (χ1v) is 8.30. The van der Waals surface area contributed by atoms with Crippen LogP contribution in [-0.2, 0) is 11.2 Å². The first kappa shape index (κ1) is 16.0. The standard InChI is InChI=1S/C18H14ClF2N3O/c19-15-12(13(20)3-4-14(15)21)7-10-8-23-16-11(10)5-6-22-17(16)24-18(25)9-1-2-9/h3-6,8-9,23H,1-2,7H2,(H,22,24,25). The monoisotopic (exact) mass is 361 g/mol. The predicted octanol–water partition coefficient (Wildman–Crippen LogP) is 4.43. The summed E-state index contributed by atoms with van der Waals surface area (Å²) >= 11 is 5.91. The zero-order chi connectivity index (χ0) is 17.6. The van der Waals surface area contributed by atoms with Crippen molar-refractivity contribution >= 4 is 34.2 Å². The predicted molar refractivity (Wildman–Crippen MR) is 91.6 cm³/mol. The van der Waals surface area contributed by atoms with Gasteiger partial charge in [0.25, 0.3) is 0 Å². The highest BCUT2D eigenvalue weighted by Crippen LogP contribution is 2.32. The van der Waals surface area contributed by atoms with E-state index in [1.165, 1.54) is 0 Å². The lowest BCUT2D eigenvalue weighted by Crippen LogP contribution is -2.14. The fourth-order valence-electron chi connectivity index (χ4n) is 2.84. The molecule has 0 bridgehead atoms. The van der Waals surface area contributed by atoms with Crippen molar-refractivity contribution in [2.24, 2.45) is 5.92 Å². The number of hydrogen-bond acceptors (Lipinski definition) is 2. The van der Waals surface area contributed by atoms with Gasteiger partial charge in [0, 0.05) is 35.7 Å². The third-order valence-electron chi connectivity index (χ3n) is 4.38. The average molecular weight is 362 g/mol. The van der Waals surface area contributed by atoms with Gasteiger partial charge in [0.2, 0.25) is 5.91 Å². The van der Waals surface area contributed by atoms with Crippen molar-refractivity contribution in [3.63, 3.8) is 0 Å². The topological polar surface area (TPSA) is 57.8 Å². The Morgan fingerprint density at radius 2 is 2.04 bits per heavy atom. The lowest BCUT2D eigenvalue weighted by atomic mass is 10.0. The first-order valence-electron chi connectivity index (χ1n) is 7.93. The molecule has 4 nitrogen and oxygen atoms in total. The third-order valence-corrected chi connectivity index (χ3v) is 4.79. The molecule has 2 aromatic heterocycles. The molecule has 0 saturated heterocycles. The highest BCUT2D eigenvalue weighted by Gasteiger charge is 2.30. The lowest BCUT2D eigenvalue weighted by molar-refractivity contribution is -0.117. The SMILES string of the molecule is O=C(Nc1nccc2c(Cc3c(F)ccc(F)c3Cl)c[nH]c12)C1CC1. The molecule has 1 aliphatic carbocycles. The summed E-state index contributed by atoms with van der Waals surface area (Å²) in [5, 5.41) is 3.38. The average Bonchev–Trinajstić information content (AvgIpc) is 3.37. The number of nitrogens with one attached hydrogen (secondary N) is 2. The number of halogens is 3. The maximum atomic E-state index is 14.0. The minimum absolute atomic E-state index is 0.0460. The summed E-state index contributed by atoms with van der Waals surface area (Å²) in [6.45, 7) is 0. The van der Waals surface area contributed by atoms with E-state index >= 15 is 0 Å². The Hall–Kier alpha value is -2.47. The number of aromatic amines is 1. The van der Waals surface area contributed by atoms with E-state index in [0.717, 1.165) is 35.9 Å². The lowest BCUT2D eigenvalue weighted by Gasteiger charge is -2.07. The summed E-state index contributed by atoms with van der Waals surface area (Å²) in [4.78, 5) is 19.2. The van der Waals surface area contributed by atoms with Crippen molar-refractivity contribution in [3.05, 3.63) is 58.4 Å². The van der Waals surface area contributed by atoms with Crippen LogP contribution in [0.1, 0.15) is 24.0 Å². The summed E-state index contributed by atoms with van der Waals surface area (Å²) in [6, 6.07) is 3.83. The van der Waals surface area contributed by atoms with Crippen LogP contribution >= 0.6 is 11.6 Å². The molecule has 1 aromatic carbocycles. The van der Waals surface area contributed by atoms with E-state index in [4.69, 9.17) is 11.6 Å². The molecule has 2 heterocycles. The van der Waals surface area contributed by atoms with Gasteiger partial charge in [-0.1, -0.05) is 11.6 Å². The van der Waals surface area contributed by atoms with Crippen LogP contribution in [0.15, 0.2) is 30.6 Å². The molecule has 2 N–H and O–H groups in total. The number of rotatable bonds is 4. The molecule has 1 amide bonds. The Labute approximate surface area is 147 Å². The van der Waals surface area contributed by atoms with E-state index in [-0.39, 0.29) is 28.8 Å². The Morgan fingerprint density at radius 3 is 2.80 bits per heavy atom. The van der Waals surface area contributed by atoms with Crippen LogP contribution in [0.25, 0.3) is 10.9 Å². The number of anilines is 1. The van der Waals surface area contributed by atoms with Gasteiger partial charge in [-0.15, -0.1) is 0 Å². The normalized spacial score (nSPS) is 14.0. The minimum Gasteiger partial charge on any atom is -0.358 e. The van der Waals surface area contributed by atoms with Crippen LogP contribution in [0.2, 0.25) is 5.02 Å². The van der Waals surface area contributed by atoms with Crippen molar-refractivity contribution in [2.75, 3.05) is 5.32 Å². The van der Waals surface area contributed by atoms with E-state index in [1.807, 2.05) is 0 Å². The quantitative estimate of drug-likeness (QED) is 0.675. The number of carbonyl (C=O) groups is 1. The maximum Gasteiger partial charge on any atom is 0.228 e. The van der Waals surface area contributed by atoms with Crippen LogP contribution in [0.4, 0.5) is 14.6 Å². The molecule has 0 atom stereocenters. The van der Waals surface area contributed by atoms with Gasteiger partial charge in [-0.05, 0) is 36.6 Å². The Bertz CT molecular complexity index is 982. The summed E-state index contributed by atoms with van der Waals surface area (Å²) in [5.41, 5.74) is 1.49. The molecule has 1 aliphatic rings. The van der Waals surface area contributed by atoms with E-state index < -0.39 is 11.6 Å². The van der Waals surface area contributed by atoms with E-state index in [0.29, 0.717) is 11.3 Å². The van der Waals surface area contributed by atoms with Crippen LogP contribution in [0.3, 0.4) is 0 Å². The second-order valence-corrected chi connectivity index (χ2v) is 6.54. The van der Waals surface area contributed by atoms with Crippen molar-refractivity contribution in [1.29, 1.82) is 0 Å². The van der Waals surface area contributed by atoms with E-state index in [1.54, 1.807) is 18.5 Å². The van der Waals surface area contributed by atoms with Gasteiger partial charge in [-0.25, -0.2) is 13.8 Å². The number of aromatic nitrogens is 2. The van der Waals surface area contributed by atoms with Crippen molar-refractivity contribution in [2.45, 2.75) is 19.3 Å². The second kappa shape index (κ2) is 6.11. The van der Waals surface area contributed by atoms with Gasteiger partial charge in [-0.2, -0.15) is 0 Å². The van der Waals surface area contributed by atoms with Crippen LogP contribution in [0, 0.1) is 17.6 Å². The fourth-order valence-corrected chi connectivity index (χ4v) is 3.06. The van der Waals surface area contributed by atoms with E-state index in [9.17, 15) is 13.6 Å². The molecular formula is C18H14ClF2N3O. The maximum absolute atomic E-state index is 14.0. The van der Waals surface area contributed by atoms with Crippen LogP contribution < -0.4 is 5.32 Å². The van der Waals surface area contributed by atoms with Crippen molar-refractivity contribution in [3.8, 4) is 0 Å². The number of benzene rings is 1. The number of pyridine rings is 1. The third kappa shape index (κ3) is 2.98. The van der Waals surface area contributed by atoms with Gasteiger partial charge in [0.05, 0.1) is 10.5 Å². The summed E-state index contributed by atoms with van der Waals surface area (Å²) in [7, 11) is 0. The number of H-pyrrole nitrogens is 1. The van der Waals surface area contributed by atoms with Gasteiger partial charge in [0.15, 0.2) is 5.82 Å². The highest BCUT2D eigenvalue weighted by atomic mass is 35.5. The zero-order valence-corrected chi connectivity index (χ0v) is 13.8. The van der Waals surface area contributed by atoms with Crippen LogP contribution in [-0.4, -0.2) is 15.9 Å². The molecule has 0 aliphatic heterocycles. The fraction of sp³-hybridized carbons (Fsp3) is 0.222. The minimum atomic E-state index is -0.656. The van der Waals surface area contributed by atoms with Gasteiger partial charge >= 0.3 is 0 Å². The molecule has 0 radical (unpaired) electrons. The zero-order valence-electron chi connectivity index (χ0n) is 13.1. The molecule has 0 spiro atoms. The summed E-state index contributed by atoms with van der Waals surface area (Å²) < 4.78 is 27.7. The molecule has 1 fully saturated rings. The Kier molecular flexibility index (Phi) is 3.92. The number of nitrogens with zero attached hydrogens (tertiary/aromatic N) is 1. The van der Waals surface area contributed by atoms with Crippen molar-refractivity contribution in [1.82, 2.24) is 9.97 Å². The van der Waals surface area contributed by atoms with Gasteiger partial charge in [-0.3, -0.25) is 4.79 Å². The second-order valence-electron chi connectivity index (χ2n) is 6.16. The highest BCUT2D eigenvalue weighted by molar-refractivity contribution is 6.31. The Balaban J connectivity index is 1.70. The molecular weight excluding hydrogens is 348 g/mol. The van der Waals surface area contributed by atoms with Gasteiger partial charge < -0.3 is 10.3 Å². The molecule has 25 heavy (non-hydrogen) atoms. The molecule has 3 aromatic rings. The first-order chi connectivity index (χ1) is 12.0. The summed E-state index contributed by atoms with van der Waals surface area (Å²) in [5.74, 6) is -0.762. The number of hydrogen-bond donors (Lipinski definition) is 2. The Morgan fingerprint density at radius 1 is 1.28 bits per heavy atom. The number of amides is 1. The number of fused-ring (bicyclic) bond motifs is 1. The molecule has 4 rings (SSSR count). The largest absolute Gasteiger partial charge is 0.358 e.